The SMILES string of the molecule is Cc1cc(C)n(Cc2cccc(C(=O)Nc3ccc(C(=O)N4CCCCCC4)cc3)c2)n1. The van der Waals surface area contributed by atoms with E-state index in [1.54, 1.807) is 30.3 Å². The lowest BCUT2D eigenvalue weighted by molar-refractivity contribution is 0.0761. The summed E-state index contributed by atoms with van der Waals surface area (Å²) >= 11 is 0. The molecule has 0 saturated carbocycles. The minimum absolute atomic E-state index is 0.0710. The smallest absolute Gasteiger partial charge is 0.255 e. The van der Waals surface area contributed by atoms with E-state index in [-0.39, 0.29) is 11.8 Å². The lowest BCUT2D eigenvalue weighted by Gasteiger charge is -2.20. The average Bonchev–Trinajstić information content (AvgIpc) is 2.98. The predicted molar refractivity (Wildman–Crippen MR) is 126 cm³/mol. The first-order valence-corrected chi connectivity index (χ1v) is 11.3. The molecule has 6 nitrogen and oxygen atoms in total. The Morgan fingerprint density at radius 3 is 2.28 bits per heavy atom. The molecule has 1 N–H and O–H groups in total. The molecule has 0 spiro atoms. The molecule has 2 amide bonds. The molecular weight excluding hydrogens is 400 g/mol. The van der Waals surface area contributed by atoms with Crippen LogP contribution in [0.4, 0.5) is 5.69 Å². The van der Waals surface area contributed by atoms with Crippen molar-refractivity contribution < 1.29 is 9.59 Å². The molecular formula is C26H30N4O2. The zero-order chi connectivity index (χ0) is 22.5. The number of aromatic nitrogens is 2. The summed E-state index contributed by atoms with van der Waals surface area (Å²) in [5.74, 6) is -0.103. The maximum atomic E-state index is 12.8. The highest BCUT2D eigenvalue weighted by atomic mass is 16.2. The van der Waals surface area contributed by atoms with Crippen LogP contribution in [0, 0.1) is 13.8 Å². The number of benzene rings is 2. The second kappa shape index (κ2) is 9.81. The molecule has 0 bridgehead atoms. The second-order valence-corrected chi connectivity index (χ2v) is 8.52. The van der Waals surface area contributed by atoms with E-state index >= 15 is 0 Å². The minimum Gasteiger partial charge on any atom is -0.339 e. The normalized spacial score (nSPS) is 14.1. The molecule has 1 aliphatic heterocycles. The molecule has 0 radical (unpaired) electrons. The zero-order valence-corrected chi connectivity index (χ0v) is 18.8. The topological polar surface area (TPSA) is 67.2 Å². The molecule has 4 rings (SSSR count). The molecule has 1 fully saturated rings. The number of anilines is 1. The number of hydrogen-bond acceptors (Lipinski definition) is 3. The van der Waals surface area contributed by atoms with Gasteiger partial charge in [0.15, 0.2) is 0 Å². The number of aryl methyl sites for hydroxylation is 2. The Kier molecular flexibility index (Phi) is 6.69. The Labute approximate surface area is 189 Å². The molecule has 3 aromatic rings. The molecule has 0 aliphatic carbocycles. The number of likely N-dealkylation sites (tertiary alicyclic amines) is 1. The van der Waals surface area contributed by atoms with Crippen molar-refractivity contribution in [1.29, 1.82) is 0 Å². The summed E-state index contributed by atoms with van der Waals surface area (Å²) < 4.78 is 1.94. The molecule has 166 valence electrons. The second-order valence-electron chi connectivity index (χ2n) is 8.52. The van der Waals surface area contributed by atoms with Crippen molar-refractivity contribution in [2.75, 3.05) is 18.4 Å². The largest absolute Gasteiger partial charge is 0.339 e. The van der Waals surface area contributed by atoms with Crippen LogP contribution < -0.4 is 5.32 Å². The van der Waals surface area contributed by atoms with Crippen LogP contribution in [0.2, 0.25) is 0 Å². The summed E-state index contributed by atoms with van der Waals surface area (Å²) in [5, 5.41) is 7.43. The number of rotatable bonds is 5. The predicted octanol–water partition coefficient (Wildman–Crippen LogP) is 4.82. The van der Waals surface area contributed by atoms with E-state index in [0.717, 1.165) is 42.9 Å². The highest BCUT2D eigenvalue weighted by molar-refractivity contribution is 6.04. The third-order valence-electron chi connectivity index (χ3n) is 5.91. The lowest BCUT2D eigenvalue weighted by Crippen LogP contribution is -2.31. The molecule has 0 atom stereocenters. The van der Waals surface area contributed by atoms with Crippen molar-refractivity contribution in [3.8, 4) is 0 Å². The fourth-order valence-electron chi connectivity index (χ4n) is 4.17. The first-order valence-electron chi connectivity index (χ1n) is 11.3. The van der Waals surface area contributed by atoms with Crippen molar-refractivity contribution in [2.45, 2.75) is 46.1 Å². The van der Waals surface area contributed by atoms with Crippen molar-refractivity contribution in [3.05, 3.63) is 82.7 Å². The highest BCUT2D eigenvalue weighted by Gasteiger charge is 2.17. The van der Waals surface area contributed by atoms with Gasteiger partial charge in [-0.05, 0) is 74.7 Å². The van der Waals surface area contributed by atoms with Crippen molar-refractivity contribution in [1.82, 2.24) is 14.7 Å². The van der Waals surface area contributed by atoms with E-state index in [0.29, 0.717) is 23.4 Å². The molecule has 1 saturated heterocycles. The summed E-state index contributed by atoms with van der Waals surface area (Å²) in [4.78, 5) is 27.5. The Bertz CT molecular complexity index is 1090. The molecule has 6 heteroatoms. The summed E-state index contributed by atoms with van der Waals surface area (Å²) in [6, 6.07) is 16.8. The molecule has 0 unspecified atom stereocenters. The van der Waals surface area contributed by atoms with Crippen LogP contribution in [-0.4, -0.2) is 39.6 Å². The fraction of sp³-hybridized carbons (Fsp3) is 0.346. The van der Waals surface area contributed by atoms with Gasteiger partial charge < -0.3 is 10.2 Å². The third kappa shape index (κ3) is 5.25. The Hall–Kier alpha value is -3.41. The first kappa shape index (κ1) is 21.8. The van der Waals surface area contributed by atoms with Crippen molar-refractivity contribution in [3.63, 3.8) is 0 Å². The highest BCUT2D eigenvalue weighted by Crippen LogP contribution is 2.17. The maximum absolute atomic E-state index is 12.8. The Balaban J connectivity index is 1.40. The lowest BCUT2D eigenvalue weighted by atomic mass is 10.1. The summed E-state index contributed by atoms with van der Waals surface area (Å²) in [6.45, 7) is 6.27. The summed E-state index contributed by atoms with van der Waals surface area (Å²) in [6.07, 6.45) is 4.52. The quantitative estimate of drug-likeness (QED) is 0.631. The van der Waals surface area contributed by atoms with Crippen LogP contribution in [0.25, 0.3) is 0 Å². The number of carbonyl (C=O) groups is 2. The van der Waals surface area contributed by atoms with Gasteiger partial charge in [-0.1, -0.05) is 25.0 Å². The molecule has 1 aromatic heterocycles. The van der Waals surface area contributed by atoms with Crippen LogP contribution in [0.15, 0.2) is 54.6 Å². The van der Waals surface area contributed by atoms with Gasteiger partial charge in [0.2, 0.25) is 0 Å². The zero-order valence-electron chi connectivity index (χ0n) is 18.8. The van der Waals surface area contributed by atoms with Crippen LogP contribution in [0.3, 0.4) is 0 Å². The molecule has 1 aliphatic rings. The van der Waals surface area contributed by atoms with Gasteiger partial charge in [0, 0.05) is 35.6 Å². The molecule has 2 heterocycles. The van der Waals surface area contributed by atoms with Gasteiger partial charge >= 0.3 is 0 Å². The van der Waals surface area contributed by atoms with Gasteiger partial charge in [-0.15, -0.1) is 0 Å². The minimum atomic E-state index is -0.174. The molecule has 32 heavy (non-hydrogen) atoms. The van der Waals surface area contributed by atoms with E-state index in [4.69, 9.17) is 0 Å². The standard InChI is InChI=1S/C26H30N4O2/c1-19-16-20(2)30(28-19)18-21-8-7-9-23(17-21)25(31)27-24-12-10-22(11-13-24)26(32)29-14-5-3-4-6-15-29/h7-13,16-17H,3-6,14-15,18H2,1-2H3,(H,27,31). The van der Waals surface area contributed by atoms with Crippen LogP contribution in [-0.2, 0) is 6.54 Å². The maximum Gasteiger partial charge on any atom is 0.255 e. The number of nitrogens with one attached hydrogen (secondary N) is 1. The Morgan fingerprint density at radius 1 is 0.906 bits per heavy atom. The van der Waals surface area contributed by atoms with Gasteiger partial charge in [-0.3, -0.25) is 14.3 Å². The van der Waals surface area contributed by atoms with Gasteiger partial charge in [-0.2, -0.15) is 5.10 Å². The van der Waals surface area contributed by atoms with E-state index in [2.05, 4.69) is 10.4 Å². The monoisotopic (exact) mass is 430 g/mol. The van der Waals surface area contributed by atoms with Crippen molar-refractivity contribution >= 4 is 17.5 Å². The van der Waals surface area contributed by atoms with E-state index < -0.39 is 0 Å². The number of amides is 2. The van der Waals surface area contributed by atoms with Crippen LogP contribution in [0.5, 0.6) is 0 Å². The van der Waals surface area contributed by atoms with Crippen molar-refractivity contribution in [2.24, 2.45) is 0 Å². The third-order valence-corrected chi connectivity index (χ3v) is 5.91. The van der Waals surface area contributed by atoms with E-state index in [1.807, 2.05) is 47.7 Å². The first-order chi connectivity index (χ1) is 15.5. The van der Waals surface area contributed by atoms with Gasteiger partial charge in [-0.25, -0.2) is 0 Å². The van der Waals surface area contributed by atoms with E-state index in [1.165, 1.54) is 12.8 Å². The number of hydrogen-bond donors (Lipinski definition) is 1. The Morgan fingerprint density at radius 2 is 1.62 bits per heavy atom. The van der Waals surface area contributed by atoms with Crippen LogP contribution in [0.1, 0.15) is 63.4 Å². The summed E-state index contributed by atoms with van der Waals surface area (Å²) in [7, 11) is 0. The fourth-order valence-corrected chi connectivity index (χ4v) is 4.17. The molecule has 2 aromatic carbocycles. The number of carbonyl (C=O) groups excluding carboxylic acids is 2. The van der Waals surface area contributed by atoms with E-state index in [9.17, 15) is 9.59 Å². The van der Waals surface area contributed by atoms with Gasteiger partial charge in [0.1, 0.15) is 0 Å². The van der Waals surface area contributed by atoms with Crippen LogP contribution >= 0.6 is 0 Å². The average molecular weight is 431 g/mol. The number of nitrogens with zero attached hydrogens (tertiary/aromatic N) is 3. The van der Waals surface area contributed by atoms with Gasteiger partial charge in [0.05, 0.1) is 12.2 Å². The summed E-state index contributed by atoms with van der Waals surface area (Å²) in [5.41, 5.74) is 5.01. The van der Waals surface area contributed by atoms with Gasteiger partial charge in [0.25, 0.3) is 11.8 Å².